The van der Waals surface area contributed by atoms with Gasteiger partial charge in [0.2, 0.25) is 5.78 Å². The average molecular weight is 243 g/mol. The van der Waals surface area contributed by atoms with Crippen LogP contribution in [0.25, 0.3) is 0 Å². The molecule has 0 aromatic heterocycles. The number of halogens is 3. The van der Waals surface area contributed by atoms with Crippen molar-refractivity contribution in [3.8, 4) is 0 Å². The number of hydrogen-bond acceptors (Lipinski definition) is 4. The van der Waals surface area contributed by atoms with E-state index in [4.69, 9.17) is 0 Å². The predicted molar refractivity (Wildman–Crippen MR) is 46.7 cm³/mol. The molecule has 0 atom stereocenters. The number of rotatable bonds is 6. The zero-order valence-corrected chi connectivity index (χ0v) is 8.64. The molecule has 0 N–H and O–H groups in total. The van der Waals surface area contributed by atoms with Crippen LogP contribution in [0.1, 0.15) is 19.8 Å². The summed E-state index contributed by atoms with van der Waals surface area (Å²) in [5, 5.41) is -4.07. The van der Waals surface area contributed by atoms with Gasteiger partial charge in [0, 0.05) is 0 Å². The van der Waals surface area contributed by atoms with Gasteiger partial charge in [0.05, 0.1) is 13.0 Å². The van der Waals surface area contributed by atoms with Crippen molar-refractivity contribution < 1.29 is 27.9 Å². The molecule has 0 aliphatic rings. The van der Waals surface area contributed by atoms with E-state index in [-0.39, 0.29) is 6.61 Å². The summed E-state index contributed by atoms with van der Waals surface area (Å²) in [6.07, 6.45) is -1.78. The van der Waals surface area contributed by atoms with Crippen LogP contribution in [0.4, 0.5) is 8.78 Å². The van der Waals surface area contributed by atoms with Gasteiger partial charge in [0.25, 0.3) is 0 Å². The minimum atomic E-state index is -4.07. The molecule has 0 aromatic carbocycles. The van der Waals surface area contributed by atoms with Gasteiger partial charge in [-0.1, -0.05) is 0 Å². The van der Waals surface area contributed by atoms with E-state index in [1.807, 2.05) is 0 Å². The second-order valence-electron chi connectivity index (χ2n) is 2.62. The summed E-state index contributed by atoms with van der Waals surface area (Å²) in [5.41, 5.74) is 0. The fourth-order valence-electron chi connectivity index (χ4n) is 0.715. The van der Waals surface area contributed by atoms with Crippen LogP contribution < -0.4 is 0 Å². The van der Waals surface area contributed by atoms with E-state index < -0.39 is 35.8 Å². The first-order chi connectivity index (χ1) is 6.77. The molecular weight excluding hydrogens is 234 g/mol. The Morgan fingerprint density at radius 3 is 2.20 bits per heavy atom. The number of esters is 1. The Bertz CT molecular complexity index is 272. The molecule has 0 unspecified atom stereocenters. The molecule has 4 nitrogen and oxygen atoms in total. The lowest BCUT2D eigenvalue weighted by molar-refractivity contribution is -0.146. The van der Waals surface area contributed by atoms with E-state index in [2.05, 4.69) is 16.3 Å². The summed E-state index contributed by atoms with van der Waals surface area (Å²) in [7, 11) is 0. The van der Waals surface area contributed by atoms with E-state index >= 15 is 0 Å². The highest BCUT2D eigenvalue weighted by molar-refractivity contribution is 6.34. The fraction of sp³-hybridized carbons (Fsp3) is 0.625. The molecule has 0 spiro atoms. The standard InChI is InChI=1S/C8H9ClF2O4/c1-2-15-7(14)4-5(12)3-6(13)8(9,10)11/h2-4H2,1H3. The highest BCUT2D eigenvalue weighted by atomic mass is 35.5. The number of hydrogen-bond donors (Lipinski definition) is 0. The number of carbonyl (C=O) groups excluding carboxylic acids is 3. The van der Waals surface area contributed by atoms with Crippen molar-refractivity contribution in [2.24, 2.45) is 0 Å². The molecule has 0 rings (SSSR count). The largest absolute Gasteiger partial charge is 0.466 e. The van der Waals surface area contributed by atoms with Gasteiger partial charge in [-0.2, -0.15) is 8.78 Å². The quantitative estimate of drug-likeness (QED) is 0.400. The first-order valence-electron chi connectivity index (χ1n) is 4.04. The van der Waals surface area contributed by atoms with Crippen LogP contribution in [0, 0.1) is 0 Å². The van der Waals surface area contributed by atoms with Crippen molar-refractivity contribution in [2.45, 2.75) is 25.1 Å². The van der Waals surface area contributed by atoms with Crippen molar-refractivity contribution in [1.29, 1.82) is 0 Å². The Morgan fingerprint density at radius 1 is 1.27 bits per heavy atom. The van der Waals surface area contributed by atoms with Gasteiger partial charge in [-0.15, -0.1) is 0 Å². The van der Waals surface area contributed by atoms with Gasteiger partial charge in [-0.3, -0.25) is 14.4 Å². The van der Waals surface area contributed by atoms with Gasteiger partial charge < -0.3 is 4.74 Å². The Kier molecular flexibility index (Phi) is 5.35. The van der Waals surface area contributed by atoms with E-state index in [0.717, 1.165) is 0 Å². The Balaban J connectivity index is 4.05. The van der Waals surface area contributed by atoms with Crippen molar-refractivity contribution in [3.63, 3.8) is 0 Å². The first-order valence-corrected chi connectivity index (χ1v) is 4.42. The van der Waals surface area contributed by atoms with Crippen LogP contribution in [-0.4, -0.2) is 29.5 Å². The molecule has 0 radical (unpaired) electrons. The lowest BCUT2D eigenvalue weighted by atomic mass is 10.1. The molecule has 7 heteroatoms. The second kappa shape index (κ2) is 5.75. The molecule has 0 heterocycles. The van der Waals surface area contributed by atoms with Crippen LogP contribution >= 0.6 is 11.6 Å². The maximum atomic E-state index is 12.1. The van der Waals surface area contributed by atoms with Crippen LogP contribution in [0.3, 0.4) is 0 Å². The fourth-order valence-corrected chi connectivity index (χ4v) is 0.782. The van der Waals surface area contributed by atoms with Crippen LogP contribution in [-0.2, 0) is 19.1 Å². The highest BCUT2D eigenvalue weighted by Gasteiger charge is 2.36. The van der Waals surface area contributed by atoms with Gasteiger partial charge >= 0.3 is 11.4 Å². The topological polar surface area (TPSA) is 60.4 Å². The maximum Gasteiger partial charge on any atom is 0.380 e. The Labute approximate surface area is 89.5 Å². The van der Waals surface area contributed by atoms with Crippen molar-refractivity contribution in [1.82, 2.24) is 0 Å². The second-order valence-corrected chi connectivity index (χ2v) is 3.09. The van der Waals surface area contributed by atoms with E-state index in [0.29, 0.717) is 0 Å². The summed E-state index contributed by atoms with van der Waals surface area (Å²) < 4.78 is 28.6. The minimum absolute atomic E-state index is 0.0751. The molecule has 0 aromatic rings. The number of alkyl halides is 3. The smallest absolute Gasteiger partial charge is 0.380 e. The number of ketones is 2. The molecule has 0 aliphatic heterocycles. The van der Waals surface area contributed by atoms with Crippen molar-refractivity contribution in [3.05, 3.63) is 0 Å². The van der Waals surface area contributed by atoms with Crippen LogP contribution in [0.2, 0.25) is 0 Å². The van der Waals surface area contributed by atoms with Crippen molar-refractivity contribution >= 4 is 29.1 Å². The third-order valence-electron chi connectivity index (χ3n) is 1.32. The number of Topliss-reactive ketones (excluding diaryl/α,β-unsaturated/α-hetero) is 2. The lowest BCUT2D eigenvalue weighted by Gasteiger charge is -2.05. The van der Waals surface area contributed by atoms with Crippen LogP contribution in [0.15, 0.2) is 0 Å². The van der Waals surface area contributed by atoms with Gasteiger partial charge in [0.15, 0.2) is 5.78 Å². The Hall–Kier alpha value is -1.04. The monoisotopic (exact) mass is 242 g/mol. The Morgan fingerprint density at radius 2 is 1.80 bits per heavy atom. The number of ether oxygens (including phenoxy) is 1. The summed E-state index contributed by atoms with van der Waals surface area (Å²) >= 11 is 4.37. The third kappa shape index (κ3) is 6.11. The molecule has 15 heavy (non-hydrogen) atoms. The summed E-state index contributed by atoms with van der Waals surface area (Å²) in [6.45, 7) is 1.60. The summed E-state index contributed by atoms with van der Waals surface area (Å²) in [6, 6.07) is 0. The SMILES string of the molecule is CCOC(=O)CC(=O)CC(=O)C(F)(F)Cl. The number of carbonyl (C=O) groups is 3. The molecule has 0 amide bonds. The van der Waals surface area contributed by atoms with Gasteiger partial charge in [0.1, 0.15) is 6.42 Å². The predicted octanol–water partition coefficient (Wildman–Crippen LogP) is 1.30. The molecule has 0 saturated carbocycles. The van der Waals surface area contributed by atoms with E-state index in [1.165, 1.54) is 6.92 Å². The van der Waals surface area contributed by atoms with Gasteiger partial charge in [-0.25, -0.2) is 0 Å². The van der Waals surface area contributed by atoms with Gasteiger partial charge in [-0.05, 0) is 18.5 Å². The minimum Gasteiger partial charge on any atom is -0.466 e. The molecule has 86 valence electrons. The van der Waals surface area contributed by atoms with E-state index in [1.54, 1.807) is 0 Å². The molecule has 0 bridgehead atoms. The average Bonchev–Trinajstić information content (AvgIpc) is 2.01. The normalized spacial score (nSPS) is 10.9. The van der Waals surface area contributed by atoms with E-state index in [9.17, 15) is 23.2 Å². The zero-order chi connectivity index (χ0) is 12.1. The maximum absolute atomic E-state index is 12.1. The summed E-state index contributed by atoms with van der Waals surface area (Å²) in [5.74, 6) is -3.52. The third-order valence-corrected chi connectivity index (χ3v) is 1.53. The highest BCUT2D eigenvalue weighted by Crippen LogP contribution is 2.21. The molecule has 0 fully saturated rings. The molecule has 0 aliphatic carbocycles. The van der Waals surface area contributed by atoms with Crippen LogP contribution in [0.5, 0.6) is 0 Å². The lowest BCUT2D eigenvalue weighted by Crippen LogP contribution is -2.25. The van der Waals surface area contributed by atoms with Crippen molar-refractivity contribution in [2.75, 3.05) is 6.61 Å². The molecule has 0 saturated heterocycles. The first kappa shape index (κ1) is 14.0. The molecular formula is C8H9ClF2O4. The summed E-state index contributed by atoms with van der Waals surface area (Å²) in [4.78, 5) is 32.1. The zero-order valence-electron chi connectivity index (χ0n) is 7.89.